The molecule has 3 aromatic rings. The number of aromatic nitrogens is 1. The highest BCUT2D eigenvalue weighted by atomic mass is 15.1. The molecule has 0 atom stereocenters. The molecule has 0 saturated carbocycles. The summed E-state index contributed by atoms with van der Waals surface area (Å²) < 4.78 is 0. The standard InChI is InChI=1S/C22H26N2/c1-16-6-5-7-17(2)22(16)18-10-12-24(13-11-18)15-19-14-23-21-9-4-3-8-20(19)21/h3-9,14,18,23H,10-13,15H2,1-2H3. The van der Waals surface area contributed by atoms with Crippen LogP contribution in [0.5, 0.6) is 0 Å². The lowest BCUT2D eigenvalue weighted by atomic mass is 9.84. The molecule has 0 amide bonds. The topological polar surface area (TPSA) is 19.0 Å². The van der Waals surface area contributed by atoms with E-state index in [1.165, 1.54) is 53.5 Å². The van der Waals surface area contributed by atoms with Crippen LogP contribution < -0.4 is 0 Å². The van der Waals surface area contributed by atoms with E-state index in [-0.39, 0.29) is 0 Å². The van der Waals surface area contributed by atoms with Crippen molar-refractivity contribution in [1.29, 1.82) is 0 Å². The molecule has 1 saturated heterocycles. The van der Waals surface area contributed by atoms with Gasteiger partial charge in [-0.15, -0.1) is 0 Å². The van der Waals surface area contributed by atoms with Crippen LogP contribution in [0.1, 0.15) is 41.0 Å². The fraction of sp³-hybridized carbons (Fsp3) is 0.364. The summed E-state index contributed by atoms with van der Waals surface area (Å²) in [6.45, 7) is 7.97. The number of hydrogen-bond donors (Lipinski definition) is 1. The first-order valence-electron chi connectivity index (χ1n) is 9.06. The van der Waals surface area contributed by atoms with Crippen LogP contribution in [-0.2, 0) is 6.54 Å². The van der Waals surface area contributed by atoms with Crippen LogP contribution in [0.25, 0.3) is 10.9 Å². The molecular weight excluding hydrogens is 292 g/mol. The summed E-state index contributed by atoms with van der Waals surface area (Å²) in [5.74, 6) is 0.727. The summed E-state index contributed by atoms with van der Waals surface area (Å²) in [6, 6.07) is 15.3. The van der Waals surface area contributed by atoms with E-state index in [0.717, 1.165) is 12.5 Å². The van der Waals surface area contributed by atoms with Crippen LogP contribution in [0.15, 0.2) is 48.7 Å². The van der Waals surface area contributed by atoms with E-state index in [1.54, 1.807) is 5.56 Å². The third kappa shape index (κ3) is 2.87. The summed E-state index contributed by atoms with van der Waals surface area (Å²) >= 11 is 0. The molecule has 1 aliphatic heterocycles. The molecule has 2 aromatic carbocycles. The van der Waals surface area contributed by atoms with Gasteiger partial charge in [-0.2, -0.15) is 0 Å². The number of nitrogens with one attached hydrogen (secondary N) is 1. The van der Waals surface area contributed by atoms with Crippen LogP contribution in [0, 0.1) is 13.8 Å². The number of aromatic amines is 1. The number of nitrogens with zero attached hydrogens (tertiary/aromatic N) is 1. The molecular formula is C22H26N2. The Bertz CT molecular complexity index is 818. The lowest BCUT2D eigenvalue weighted by molar-refractivity contribution is 0.205. The van der Waals surface area contributed by atoms with Gasteiger partial charge in [-0.05, 0) is 74.0 Å². The minimum absolute atomic E-state index is 0.727. The molecule has 124 valence electrons. The molecule has 2 heteroatoms. The van der Waals surface area contributed by atoms with Crippen molar-refractivity contribution in [2.45, 2.75) is 39.2 Å². The third-order valence-electron chi connectivity index (χ3n) is 5.61. The van der Waals surface area contributed by atoms with E-state index < -0.39 is 0 Å². The molecule has 1 aromatic heterocycles. The second-order valence-corrected chi connectivity index (χ2v) is 7.22. The van der Waals surface area contributed by atoms with Crippen LogP contribution in [-0.4, -0.2) is 23.0 Å². The molecule has 0 bridgehead atoms. The van der Waals surface area contributed by atoms with Gasteiger partial charge in [0.1, 0.15) is 0 Å². The predicted octanol–water partition coefficient (Wildman–Crippen LogP) is 5.16. The Morgan fingerprint density at radius 3 is 2.42 bits per heavy atom. The first-order chi connectivity index (χ1) is 11.7. The molecule has 1 aliphatic rings. The first kappa shape index (κ1) is 15.5. The van der Waals surface area contributed by atoms with E-state index in [1.807, 2.05) is 0 Å². The number of para-hydroxylation sites is 1. The zero-order valence-electron chi connectivity index (χ0n) is 14.7. The second-order valence-electron chi connectivity index (χ2n) is 7.22. The summed E-state index contributed by atoms with van der Waals surface area (Å²) in [6.07, 6.45) is 4.73. The highest BCUT2D eigenvalue weighted by molar-refractivity contribution is 5.82. The third-order valence-corrected chi connectivity index (χ3v) is 5.61. The van der Waals surface area contributed by atoms with Gasteiger partial charge in [-0.25, -0.2) is 0 Å². The molecule has 2 nitrogen and oxygen atoms in total. The predicted molar refractivity (Wildman–Crippen MR) is 101 cm³/mol. The molecule has 1 N–H and O–H groups in total. The molecule has 0 radical (unpaired) electrons. The van der Waals surface area contributed by atoms with Gasteiger partial charge >= 0.3 is 0 Å². The smallest absolute Gasteiger partial charge is 0.0457 e. The molecule has 24 heavy (non-hydrogen) atoms. The van der Waals surface area contributed by atoms with Gasteiger partial charge in [0.15, 0.2) is 0 Å². The largest absolute Gasteiger partial charge is 0.361 e. The summed E-state index contributed by atoms with van der Waals surface area (Å²) in [5, 5.41) is 1.37. The monoisotopic (exact) mass is 318 g/mol. The highest BCUT2D eigenvalue weighted by Gasteiger charge is 2.23. The Morgan fingerprint density at radius 1 is 0.958 bits per heavy atom. The fourth-order valence-corrected chi connectivity index (χ4v) is 4.35. The SMILES string of the molecule is Cc1cccc(C)c1C1CCN(Cc2c[nH]c3ccccc23)CC1. The Balaban J connectivity index is 1.45. The van der Waals surface area contributed by atoms with Crippen molar-refractivity contribution >= 4 is 10.9 Å². The van der Waals surface area contributed by atoms with Crippen LogP contribution in [0.4, 0.5) is 0 Å². The maximum atomic E-state index is 3.40. The van der Waals surface area contributed by atoms with Crippen LogP contribution >= 0.6 is 0 Å². The van der Waals surface area contributed by atoms with E-state index in [0.29, 0.717) is 0 Å². The van der Waals surface area contributed by atoms with Gasteiger partial charge in [0.25, 0.3) is 0 Å². The molecule has 4 rings (SSSR count). The molecule has 2 heterocycles. The molecule has 0 spiro atoms. The van der Waals surface area contributed by atoms with Gasteiger partial charge in [-0.1, -0.05) is 36.4 Å². The highest BCUT2D eigenvalue weighted by Crippen LogP contribution is 2.33. The minimum Gasteiger partial charge on any atom is -0.361 e. The quantitative estimate of drug-likeness (QED) is 0.706. The average Bonchev–Trinajstić information content (AvgIpc) is 2.99. The van der Waals surface area contributed by atoms with Crippen molar-refractivity contribution in [1.82, 2.24) is 9.88 Å². The number of benzene rings is 2. The lowest BCUT2D eigenvalue weighted by Gasteiger charge is -2.33. The van der Waals surface area contributed by atoms with Crippen molar-refractivity contribution in [3.8, 4) is 0 Å². The van der Waals surface area contributed by atoms with E-state index >= 15 is 0 Å². The molecule has 0 aliphatic carbocycles. The average molecular weight is 318 g/mol. The number of rotatable bonds is 3. The van der Waals surface area contributed by atoms with Gasteiger partial charge in [0.2, 0.25) is 0 Å². The van der Waals surface area contributed by atoms with Gasteiger partial charge < -0.3 is 4.98 Å². The fourth-order valence-electron chi connectivity index (χ4n) is 4.35. The first-order valence-corrected chi connectivity index (χ1v) is 9.06. The summed E-state index contributed by atoms with van der Waals surface area (Å²) in [7, 11) is 0. The molecule has 1 fully saturated rings. The Kier molecular flexibility index (Phi) is 4.15. The Hall–Kier alpha value is -2.06. The van der Waals surface area contributed by atoms with Crippen molar-refractivity contribution in [3.63, 3.8) is 0 Å². The maximum absolute atomic E-state index is 3.40. The van der Waals surface area contributed by atoms with Gasteiger partial charge in [-0.3, -0.25) is 4.90 Å². The van der Waals surface area contributed by atoms with Crippen molar-refractivity contribution in [2.75, 3.05) is 13.1 Å². The Labute approximate surface area is 144 Å². The number of aryl methyl sites for hydroxylation is 2. The number of hydrogen-bond acceptors (Lipinski definition) is 1. The van der Waals surface area contributed by atoms with Crippen LogP contribution in [0.2, 0.25) is 0 Å². The maximum Gasteiger partial charge on any atom is 0.0457 e. The van der Waals surface area contributed by atoms with Crippen molar-refractivity contribution < 1.29 is 0 Å². The van der Waals surface area contributed by atoms with E-state index in [9.17, 15) is 0 Å². The van der Waals surface area contributed by atoms with Gasteiger partial charge in [0.05, 0.1) is 0 Å². The van der Waals surface area contributed by atoms with Gasteiger partial charge in [0, 0.05) is 23.6 Å². The Morgan fingerprint density at radius 2 is 1.67 bits per heavy atom. The van der Waals surface area contributed by atoms with Crippen molar-refractivity contribution in [3.05, 3.63) is 70.9 Å². The summed E-state index contributed by atoms with van der Waals surface area (Å²) in [5.41, 5.74) is 7.20. The number of H-pyrrole nitrogens is 1. The zero-order chi connectivity index (χ0) is 16.5. The number of fused-ring (bicyclic) bond motifs is 1. The summed E-state index contributed by atoms with van der Waals surface area (Å²) in [4.78, 5) is 6.01. The van der Waals surface area contributed by atoms with E-state index in [2.05, 4.69) is 72.4 Å². The lowest BCUT2D eigenvalue weighted by Crippen LogP contribution is -2.32. The van der Waals surface area contributed by atoms with E-state index in [4.69, 9.17) is 0 Å². The van der Waals surface area contributed by atoms with Crippen LogP contribution in [0.3, 0.4) is 0 Å². The number of piperidine rings is 1. The van der Waals surface area contributed by atoms with Crippen molar-refractivity contribution in [2.24, 2.45) is 0 Å². The normalized spacial score (nSPS) is 16.8. The second kappa shape index (κ2) is 6.45. The number of likely N-dealkylation sites (tertiary alicyclic amines) is 1. The zero-order valence-corrected chi connectivity index (χ0v) is 14.7. The molecule has 0 unspecified atom stereocenters. The minimum atomic E-state index is 0.727.